The van der Waals surface area contributed by atoms with Crippen LogP contribution in [0.4, 0.5) is 8.78 Å². The second-order valence-corrected chi connectivity index (χ2v) is 2.33. The highest BCUT2D eigenvalue weighted by atomic mass is 19.2. The van der Waals surface area contributed by atoms with Crippen LogP contribution in [0.3, 0.4) is 0 Å². The first-order valence-electron chi connectivity index (χ1n) is 3.04. The van der Waals surface area contributed by atoms with E-state index >= 15 is 0 Å². The lowest BCUT2D eigenvalue weighted by Gasteiger charge is -1.99. The van der Waals surface area contributed by atoms with Crippen molar-refractivity contribution < 1.29 is 8.78 Å². The first kappa shape index (κ1) is 10.1. The Morgan fingerprint density at radius 3 is 1.45 bits per heavy atom. The molecular weight excluding hydrogens is 146 g/mol. The van der Waals surface area contributed by atoms with Gasteiger partial charge in [-0.1, -0.05) is 19.6 Å². The van der Waals surface area contributed by atoms with Gasteiger partial charge in [-0.25, -0.2) is 8.78 Å². The Morgan fingerprint density at radius 1 is 0.909 bits per heavy atom. The number of hydrogen-bond donors (Lipinski definition) is 0. The Morgan fingerprint density at radius 2 is 1.18 bits per heavy atom. The summed E-state index contributed by atoms with van der Waals surface area (Å²) < 4.78 is 25.2. The van der Waals surface area contributed by atoms with Crippen LogP contribution in [-0.4, -0.2) is 0 Å². The van der Waals surface area contributed by atoms with Crippen molar-refractivity contribution in [2.75, 3.05) is 0 Å². The van der Waals surface area contributed by atoms with Gasteiger partial charge in [-0.3, -0.25) is 0 Å². The van der Waals surface area contributed by atoms with Crippen molar-refractivity contribution in [2.24, 2.45) is 0 Å². The molecule has 0 radical (unpaired) electrons. The molecule has 0 amide bonds. The van der Waals surface area contributed by atoms with Gasteiger partial charge >= 0.3 is 0 Å². The van der Waals surface area contributed by atoms with E-state index in [9.17, 15) is 8.78 Å². The van der Waals surface area contributed by atoms with E-state index in [2.05, 4.69) is 0 Å². The lowest BCUT2D eigenvalue weighted by Crippen LogP contribution is -1.91. The minimum Gasteiger partial charge on any atom is -0.203 e. The molecule has 0 nitrogen and oxygen atoms in total. The molecule has 0 aliphatic carbocycles. The van der Waals surface area contributed by atoms with Crippen LogP contribution in [0, 0.1) is 25.5 Å². The fourth-order valence-electron chi connectivity index (χ4n) is 0.743. The van der Waals surface area contributed by atoms with Crippen LogP contribution in [0.1, 0.15) is 18.6 Å². The third-order valence-corrected chi connectivity index (χ3v) is 1.47. The van der Waals surface area contributed by atoms with Crippen LogP contribution >= 0.6 is 0 Å². The smallest absolute Gasteiger partial charge is 0.161 e. The van der Waals surface area contributed by atoms with E-state index in [-0.39, 0.29) is 7.43 Å². The maximum Gasteiger partial charge on any atom is 0.161 e. The van der Waals surface area contributed by atoms with Crippen LogP contribution in [-0.2, 0) is 0 Å². The molecule has 2 heteroatoms. The zero-order valence-corrected chi connectivity index (χ0v) is 5.91. The predicted octanol–water partition coefficient (Wildman–Crippen LogP) is 3.22. The molecule has 0 atom stereocenters. The van der Waals surface area contributed by atoms with Gasteiger partial charge in [0.1, 0.15) is 0 Å². The lowest BCUT2D eigenvalue weighted by molar-refractivity contribution is 0.497. The third kappa shape index (κ3) is 1.76. The molecule has 0 bridgehead atoms. The molecule has 11 heavy (non-hydrogen) atoms. The third-order valence-electron chi connectivity index (χ3n) is 1.47. The van der Waals surface area contributed by atoms with Gasteiger partial charge in [-0.15, -0.1) is 0 Å². The van der Waals surface area contributed by atoms with Crippen LogP contribution in [0.25, 0.3) is 0 Å². The highest BCUT2D eigenvalue weighted by Crippen LogP contribution is 2.13. The zero-order chi connectivity index (χ0) is 7.72. The molecule has 0 saturated heterocycles. The van der Waals surface area contributed by atoms with Gasteiger partial charge in [0.05, 0.1) is 0 Å². The van der Waals surface area contributed by atoms with E-state index in [0.29, 0.717) is 11.1 Å². The molecule has 0 aromatic heterocycles. The van der Waals surface area contributed by atoms with Gasteiger partial charge < -0.3 is 0 Å². The largest absolute Gasteiger partial charge is 0.203 e. The van der Waals surface area contributed by atoms with Crippen molar-refractivity contribution in [3.8, 4) is 0 Å². The molecule has 1 aromatic carbocycles. The molecule has 0 saturated carbocycles. The average molecular weight is 158 g/mol. The van der Waals surface area contributed by atoms with Gasteiger partial charge in [0.25, 0.3) is 0 Å². The highest BCUT2D eigenvalue weighted by molar-refractivity contribution is 5.23. The van der Waals surface area contributed by atoms with E-state index in [4.69, 9.17) is 0 Å². The summed E-state index contributed by atoms with van der Waals surface area (Å²) in [4.78, 5) is 0. The molecule has 62 valence electrons. The monoisotopic (exact) mass is 158 g/mol. The molecule has 0 aliphatic rings. The first-order chi connectivity index (χ1) is 4.63. The maximum absolute atomic E-state index is 12.6. The van der Waals surface area contributed by atoms with Gasteiger partial charge in [-0.05, 0) is 25.0 Å². The quantitative estimate of drug-likeness (QED) is 0.543. The average Bonchev–Trinajstić information content (AvgIpc) is 1.93. The molecule has 0 spiro atoms. The first-order valence-corrected chi connectivity index (χ1v) is 3.04. The normalized spacial score (nSPS) is 9.09. The fraction of sp³-hybridized carbons (Fsp3) is 0.333. The lowest BCUT2D eigenvalue weighted by atomic mass is 10.1. The second kappa shape index (κ2) is 3.46. The number of hydrogen-bond acceptors (Lipinski definition) is 0. The minimum atomic E-state index is -0.736. The van der Waals surface area contributed by atoms with E-state index < -0.39 is 11.6 Å². The summed E-state index contributed by atoms with van der Waals surface area (Å²) in [7, 11) is 0. The second-order valence-electron chi connectivity index (χ2n) is 2.33. The summed E-state index contributed by atoms with van der Waals surface area (Å²) >= 11 is 0. The molecule has 0 heterocycles. The van der Waals surface area contributed by atoms with Crippen LogP contribution < -0.4 is 0 Å². The van der Waals surface area contributed by atoms with E-state index in [1.54, 1.807) is 12.1 Å². The van der Waals surface area contributed by atoms with Gasteiger partial charge in [0, 0.05) is 0 Å². The molecule has 0 N–H and O–H groups in total. The minimum absolute atomic E-state index is 0. The van der Waals surface area contributed by atoms with Crippen LogP contribution in [0.15, 0.2) is 12.1 Å². The fourth-order valence-corrected chi connectivity index (χ4v) is 0.743. The SMILES string of the molecule is C.Cc1ccc(C)c(F)c1F. The van der Waals surface area contributed by atoms with Crippen molar-refractivity contribution in [1.29, 1.82) is 0 Å². The molecule has 0 unspecified atom stereocenters. The van der Waals surface area contributed by atoms with Crippen molar-refractivity contribution in [2.45, 2.75) is 21.3 Å². The van der Waals surface area contributed by atoms with Gasteiger partial charge in [0.15, 0.2) is 11.6 Å². The number of aryl methyl sites for hydroxylation is 2. The summed E-state index contributed by atoms with van der Waals surface area (Å²) in [6.07, 6.45) is 0. The predicted molar refractivity (Wildman–Crippen MR) is 42.6 cm³/mol. The topological polar surface area (TPSA) is 0 Å². The van der Waals surface area contributed by atoms with Gasteiger partial charge in [-0.2, -0.15) is 0 Å². The van der Waals surface area contributed by atoms with E-state index in [0.717, 1.165) is 0 Å². The summed E-state index contributed by atoms with van der Waals surface area (Å²) in [6, 6.07) is 3.13. The number of rotatable bonds is 0. The number of benzene rings is 1. The van der Waals surface area contributed by atoms with Crippen molar-refractivity contribution >= 4 is 0 Å². The molecule has 1 rings (SSSR count). The maximum atomic E-state index is 12.6. The number of halogens is 2. The Hall–Kier alpha value is -0.920. The summed E-state index contributed by atoms with van der Waals surface area (Å²) in [6.45, 7) is 3.08. The molecular formula is C9H12F2. The highest BCUT2D eigenvalue weighted by Gasteiger charge is 2.05. The van der Waals surface area contributed by atoms with Crippen LogP contribution in [0.2, 0.25) is 0 Å². The summed E-state index contributed by atoms with van der Waals surface area (Å²) in [5.74, 6) is -1.47. The van der Waals surface area contributed by atoms with Crippen molar-refractivity contribution in [1.82, 2.24) is 0 Å². The Balaban J connectivity index is 0.000001000. The Bertz CT molecular complexity index is 227. The molecule has 0 fully saturated rings. The van der Waals surface area contributed by atoms with Crippen LogP contribution in [0.5, 0.6) is 0 Å². The Labute approximate surface area is 65.9 Å². The molecule has 0 aliphatic heterocycles. The van der Waals surface area contributed by atoms with E-state index in [1.165, 1.54) is 13.8 Å². The van der Waals surface area contributed by atoms with E-state index in [1.807, 2.05) is 0 Å². The summed E-state index contributed by atoms with van der Waals surface area (Å²) in [5, 5.41) is 0. The standard InChI is InChI=1S/C8H8F2.CH4/c1-5-3-4-6(2)8(10)7(5)9;/h3-4H,1-2H3;1H4. The van der Waals surface area contributed by atoms with Gasteiger partial charge in [0.2, 0.25) is 0 Å². The summed E-state index contributed by atoms with van der Waals surface area (Å²) in [5.41, 5.74) is 0.700. The molecule has 1 aromatic rings. The van der Waals surface area contributed by atoms with Crippen molar-refractivity contribution in [3.05, 3.63) is 34.9 Å². The van der Waals surface area contributed by atoms with Crippen molar-refractivity contribution in [3.63, 3.8) is 0 Å². The zero-order valence-electron chi connectivity index (χ0n) is 5.91. The Kier molecular flexibility index (Phi) is 3.18.